The zero-order chi connectivity index (χ0) is 20.3. The van der Waals surface area contributed by atoms with Gasteiger partial charge < -0.3 is 11.5 Å². The van der Waals surface area contributed by atoms with Gasteiger partial charge in [0, 0.05) is 5.57 Å². The summed E-state index contributed by atoms with van der Waals surface area (Å²) in [6, 6.07) is 21.2. The van der Waals surface area contributed by atoms with Gasteiger partial charge in [0.05, 0.1) is 12.1 Å². The van der Waals surface area contributed by atoms with E-state index in [-0.39, 0.29) is 16.7 Å². The molecule has 2 atom stereocenters. The van der Waals surface area contributed by atoms with E-state index in [4.69, 9.17) is 11.5 Å². The van der Waals surface area contributed by atoms with Gasteiger partial charge in [-0.1, -0.05) is 60.7 Å². The number of carbonyl (C=O) groups is 2. The number of hydrogen-bond donors (Lipinski definition) is 2. The molecule has 0 spiro atoms. The maximum Gasteiger partial charge on any atom is 0.249 e. The number of rotatable bonds is 4. The molecule has 0 saturated carbocycles. The van der Waals surface area contributed by atoms with Gasteiger partial charge in [0.25, 0.3) is 0 Å². The Balaban J connectivity index is 2.46. The van der Waals surface area contributed by atoms with Gasteiger partial charge in [-0.25, -0.2) is 0 Å². The molecule has 0 radical (unpaired) electrons. The van der Waals surface area contributed by atoms with Crippen LogP contribution in [0.5, 0.6) is 0 Å². The van der Waals surface area contributed by atoms with Gasteiger partial charge in [-0.15, -0.1) is 0 Å². The predicted octanol–water partition coefficient (Wildman–Crippen LogP) is 2.16. The van der Waals surface area contributed by atoms with Crippen LogP contribution in [0, 0.1) is 34.0 Å². The van der Waals surface area contributed by atoms with Crippen LogP contribution < -0.4 is 11.5 Å². The number of amides is 2. The number of primary amides is 2. The third kappa shape index (κ3) is 2.74. The SMILES string of the molecule is N#CC1C(c2ccccc2)=C(C(N)=O)C=C(c2ccccc2)C1(C#N)C(N)=O. The summed E-state index contributed by atoms with van der Waals surface area (Å²) in [5, 5.41) is 20.0. The number of nitrogens with two attached hydrogens (primary N) is 2. The molecule has 0 bridgehead atoms. The van der Waals surface area contributed by atoms with Crippen LogP contribution in [-0.4, -0.2) is 11.8 Å². The van der Waals surface area contributed by atoms with Crippen molar-refractivity contribution in [1.29, 1.82) is 10.5 Å². The molecule has 1 aliphatic carbocycles. The van der Waals surface area contributed by atoms with Gasteiger partial charge in [-0.2, -0.15) is 10.5 Å². The first kappa shape index (κ1) is 18.6. The van der Waals surface area contributed by atoms with Gasteiger partial charge >= 0.3 is 0 Å². The van der Waals surface area contributed by atoms with E-state index in [1.54, 1.807) is 60.7 Å². The fourth-order valence-corrected chi connectivity index (χ4v) is 3.55. The molecule has 2 aromatic rings. The van der Waals surface area contributed by atoms with E-state index in [0.29, 0.717) is 11.1 Å². The number of hydrogen-bond acceptors (Lipinski definition) is 4. The van der Waals surface area contributed by atoms with Gasteiger partial charge in [-0.3, -0.25) is 9.59 Å². The highest BCUT2D eigenvalue weighted by Crippen LogP contribution is 2.51. The summed E-state index contributed by atoms with van der Waals surface area (Å²) in [4.78, 5) is 24.8. The molecular weight excluding hydrogens is 352 g/mol. The van der Waals surface area contributed by atoms with E-state index in [2.05, 4.69) is 0 Å². The topological polar surface area (TPSA) is 134 Å². The molecule has 2 unspecified atom stereocenters. The smallest absolute Gasteiger partial charge is 0.249 e. The Labute approximate surface area is 162 Å². The summed E-state index contributed by atoms with van der Waals surface area (Å²) in [7, 11) is 0. The minimum Gasteiger partial charge on any atom is -0.368 e. The van der Waals surface area contributed by atoms with E-state index < -0.39 is 23.1 Å². The molecule has 1 aliphatic rings. The molecule has 0 aromatic heterocycles. The zero-order valence-electron chi connectivity index (χ0n) is 14.8. The Morgan fingerprint density at radius 1 is 0.893 bits per heavy atom. The van der Waals surface area contributed by atoms with Crippen molar-refractivity contribution < 1.29 is 9.59 Å². The van der Waals surface area contributed by atoms with Gasteiger partial charge in [0.1, 0.15) is 5.92 Å². The van der Waals surface area contributed by atoms with Crippen LogP contribution in [0.1, 0.15) is 11.1 Å². The Bertz CT molecular complexity index is 1090. The highest BCUT2D eigenvalue weighted by molar-refractivity contribution is 6.12. The third-order valence-corrected chi connectivity index (χ3v) is 4.85. The first-order valence-electron chi connectivity index (χ1n) is 8.45. The molecule has 0 fully saturated rings. The number of carbonyl (C=O) groups excluding carboxylic acids is 2. The first-order valence-corrected chi connectivity index (χ1v) is 8.45. The van der Waals surface area contributed by atoms with Crippen molar-refractivity contribution in [2.24, 2.45) is 22.8 Å². The van der Waals surface area contributed by atoms with E-state index >= 15 is 0 Å². The molecule has 136 valence electrons. The van der Waals surface area contributed by atoms with Crippen molar-refractivity contribution in [1.82, 2.24) is 0 Å². The van der Waals surface area contributed by atoms with Crippen LogP contribution in [0.25, 0.3) is 11.1 Å². The maximum atomic E-state index is 12.6. The van der Waals surface area contributed by atoms with E-state index in [0.717, 1.165) is 0 Å². The summed E-state index contributed by atoms with van der Waals surface area (Å²) in [6.07, 6.45) is 1.40. The lowest BCUT2D eigenvalue weighted by Crippen LogP contribution is -2.45. The molecule has 6 nitrogen and oxygen atoms in total. The molecule has 28 heavy (non-hydrogen) atoms. The maximum absolute atomic E-state index is 12.6. The molecule has 0 heterocycles. The largest absolute Gasteiger partial charge is 0.368 e. The normalized spacial score (nSPS) is 21.2. The molecule has 3 rings (SSSR count). The van der Waals surface area contributed by atoms with Gasteiger partial charge in [0.15, 0.2) is 5.41 Å². The summed E-state index contributed by atoms with van der Waals surface area (Å²) < 4.78 is 0. The van der Waals surface area contributed by atoms with Crippen LogP contribution in [0.15, 0.2) is 72.3 Å². The molecule has 2 aromatic carbocycles. The third-order valence-electron chi connectivity index (χ3n) is 4.85. The second-order valence-corrected chi connectivity index (χ2v) is 6.33. The molecule has 0 aliphatic heterocycles. The van der Waals surface area contributed by atoms with Crippen molar-refractivity contribution in [3.8, 4) is 12.1 Å². The summed E-state index contributed by atoms with van der Waals surface area (Å²) in [6.45, 7) is 0. The first-order chi connectivity index (χ1) is 13.5. The predicted molar refractivity (Wildman–Crippen MR) is 103 cm³/mol. The Morgan fingerprint density at radius 2 is 1.43 bits per heavy atom. The van der Waals surface area contributed by atoms with Gasteiger partial charge in [-0.05, 0) is 28.3 Å². The quantitative estimate of drug-likeness (QED) is 0.855. The van der Waals surface area contributed by atoms with E-state index in [1.807, 2.05) is 12.1 Å². The summed E-state index contributed by atoms with van der Waals surface area (Å²) >= 11 is 0. The molecule has 4 N–H and O–H groups in total. The standard InChI is InChI=1S/C22H16N4O2/c23-12-18-19(15-9-5-2-6-10-15)16(20(25)27)11-17(14-7-3-1-4-8-14)22(18,13-24)21(26)28/h1-11,18H,(H2,25,27)(H2,26,28). The fourth-order valence-electron chi connectivity index (χ4n) is 3.55. The minimum atomic E-state index is -1.97. The summed E-state index contributed by atoms with van der Waals surface area (Å²) in [5.74, 6) is -3.03. The number of allylic oxidation sites excluding steroid dienone is 1. The molecular formula is C22H16N4O2. The lowest BCUT2D eigenvalue weighted by molar-refractivity contribution is -0.123. The Hall–Kier alpha value is -4.16. The average molecular weight is 368 g/mol. The van der Waals surface area contributed by atoms with Crippen molar-refractivity contribution in [3.63, 3.8) is 0 Å². The van der Waals surface area contributed by atoms with Crippen molar-refractivity contribution in [2.45, 2.75) is 0 Å². The number of benzene rings is 2. The highest BCUT2D eigenvalue weighted by atomic mass is 16.1. The molecule has 6 heteroatoms. The second kappa shape index (κ2) is 7.22. The zero-order valence-corrected chi connectivity index (χ0v) is 14.8. The second-order valence-electron chi connectivity index (χ2n) is 6.33. The van der Waals surface area contributed by atoms with E-state index in [9.17, 15) is 20.1 Å². The number of nitriles is 2. The Kier molecular flexibility index (Phi) is 4.80. The van der Waals surface area contributed by atoms with Crippen LogP contribution >= 0.6 is 0 Å². The van der Waals surface area contributed by atoms with Crippen LogP contribution in [-0.2, 0) is 9.59 Å². The monoisotopic (exact) mass is 368 g/mol. The molecule has 2 amide bonds. The Morgan fingerprint density at radius 3 is 1.86 bits per heavy atom. The lowest BCUT2D eigenvalue weighted by atomic mass is 9.61. The average Bonchev–Trinajstić information content (AvgIpc) is 2.72. The fraction of sp³-hybridized carbons (Fsp3) is 0.0909. The molecule has 0 saturated heterocycles. The van der Waals surface area contributed by atoms with E-state index in [1.165, 1.54) is 6.08 Å². The lowest BCUT2D eigenvalue weighted by Gasteiger charge is -2.36. The van der Waals surface area contributed by atoms with Crippen molar-refractivity contribution in [2.75, 3.05) is 0 Å². The van der Waals surface area contributed by atoms with Crippen LogP contribution in [0.2, 0.25) is 0 Å². The van der Waals surface area contributed by atoms with Crippen molar-refractivity contribution in [3.05, 3.63) is 83.4 Å². The number of nitrogens with zero attached hydrogens (tertiary/aromatic N) is 2. The van der Waals surface area contributed by atoms with Crippen molar-refractivity contribution >= 4 is 23.0 Å². The van der Waals surface area contributed by atoms with Crippen LogP contribution in [0.3, 0.4) is 0 Å². The van der Waals surface area contributed by atoms with Gasteiger partial charge in [0.2, 0.25) is 11.8 Å². The minimum absolute atomic E-state index is 0.0729. The summed E-state index contributed by atoms with van der Waals surface area (Å²) in [5.41, 5.74) is 10.8. The highest BCUT2D eigenvalue weighted by Gasteiger charge is 2.54. The van der Waals surface area contributed by atoms with Crippen LogP contribution in [0.4, 0.5) is 0 Å².